The van der Waals surface area contributed by atoms with E-state index in [1.54, 1.807) is 11.8 Å². The number of nitrogens with zero attached hydrogens (tertiary/aromatic N) is 3. The van der Waals surface area contributed by atoms with E-state index in [4.69, 9.17) is 4.52 Å². The summed E-state index contributed by atoms with van der Waals surface area (Å²) in [6.45, 7) is 2.46. The minimum Gasteiger partial charge on any atom is -0.361 e. The Hall–Kier alpha value is -1.92. The number of likely N-dealkylation sites (tertiary alicyclic amines) is 1. The third-order valence-corrected chi connectivity index (χ3v) is 3.87. The van der Waals surface area contributed by atoms with Gasteiger partial charge in [-0.1, -0.05) is 5.16 Å². The fourth-order valence-corrected chi connectivity index (χ4v) is 2.77. The van der Waals surface area contributed by atoms with Crippen molar-refractivity contribution in [2.75, 3.05) is 6.54 Å². The van der Waals surface area contributed by atoms with Gasteiger partial charge in [-0.15, -0.1) is 0 Å². The van der Waals surface area contributed by atoms with Gasteiger partial charge in [0.25, 0.3) is 0 Å². The SMILES string of the molecule is Cc1cc([C@@H]2CCCN2C(=O)[C@H]2C[C@@H]2[N+](=O)[O-])no1. The molecule has 7 nitrogen and oxygen atoms in total. The number of rotatable bonds is 3. The van der Waals surface area contributed by atoms with Gasteiger partial charge in [-0.3, -0.25) is 14.9 Å². The van der Waals surface area contributed by atoms with E-state index in [2.05, 4.69) is 5.16 Å². The van der Waals surface area contributed by atoms with Crippen LogP contribution < -0.4 is 0 Å². The summed E-state index contributed by atoms with van der Waals surface area (Å²) in [6, 6.07) is 1.06. The van der Waals surface area contributed by atoms with Crippen LogP contribution in [0, 0.1) is 23.0 Å². The first-order valence-electron chi connectivity index (χ1n) is 6.45. The van der Waals surface area contributed by atoms with Crippen molar-refractivity contribution in [2.24, 2.45) is 5.92 Å². The minimum atomic E-state index is -0.687. The summed E-state index contributed by atoms with van der Waals surface area (Å²) >= 11 is 0. The van der Waals surface area contributed by atoms with Gasteiger partial charge in [-0.25, -0.2) is 0 Å². The fourth-order valence-electron chi connectivity index (χ4n) is 2.77. The van der Waals surface area contributed by atoms with Crippen molar-refractivity contribution in [1.29, 1.82) is 0 Å². The van der Waals surface area contributed by atoms with Crippen molar-refractivity contribution < 1.29 is 14.2 Å². The summed E-state index contributed by atoms with van der Waals surface area (Å²) in [7, 11) is 0. The molecule has 0 aromatic carbocycles. The van der Waals surface area contributed by atoms with Gasteiger partial charge in [0.05, 0.1) is 6.04 Å². The molecule has 1 saturated heterocycles. The van der Waals surface area contributed by atoms with E-state index < -0.39 is 12.0 Å². The molecule has 1 aromatic heterocycles. The van der Waals surface area contributed by atoms with Gasteiger partial charge in [0.15, 0.2) is 0 Å². The normalized spacial score (nSPS) is 29.5. The van der Waals surface area contributed by atoms with Crippen molar-refractivity contribution in [3.05, 3.63) is 27.6 Å². The Balaban J connectivity index is 1.73. The molecule has 2 heterocycles. The van der Waals surface area contributed by atoms with Gasteiger partial charge in [-0.05, 0) is 19.8 Å². The summed E-state index contributed by atoms with van der Waals surface area (Å²) in [4.78, 5) is 24.3. The molecule has 1 amide bonds. The number of aromatic nitrogens is 1. The lowest BCUT2D eigenvalue weighted by Crippen LogP contribution is -2.33. The molecule has 3 atom stereocenters. The highest BCUT2D eigenvalue weighted by Gasteiger charge is 2.55. The van der Waals surface area contributed by atoms with Gasteiger partial charge in [0, 0.05) is 24.0 Å². The molecule has 0 spiro atoms. The highest BCUT2D eigenvalue weighted by molar-refractivity contribution is 5.82. The molecule has 1 aliphatic carbocycles. The first-order chi connectivity index (χ1) is 9.08. The molecule has 7 heteroatoms. The summed E-state index contributed by atoms with van der Waals surface area (Å²) in [6.07, 6.45) is 2.11. The zero-order chi connectivity index (χ0) is 13.6. The van der Waals surface area contributed by atoms with Crippen molar-refractivity contribution in [1.82, 2.24) is 10.1 Å². The molecule has 2 fully saturated rings. The molecule has 0 radical (unpaired) electrons. The number of hydrogen-bond acceptors (Lipinski definition) is 5. The van der Waals surface area contributed by atoms with E-state index in [1.165, 1.54) is 0 Å². The fraction of sp³-hybridized carbons (Fsp3) is 0.667. The Labute approximate surface area is 109 Å². The van der Waals surface area contributed by atoms with Crippen LogP contribution in [0.1, 0.15) is 36.8 Å². The highest BCUT2D eigenvalue weighted by Crippen LogP contribution is 2.40. The Morgan fingerprint density at radius 3 is 3.00 bits per heavy atom. The van der Waals surface area contributed by atoms with Crippen molar-refractivity contribution >= 4 is 5.91 Å². The molecule has 0 bridgehead atoms. The van der Waals surface area contributed by atoms with E-state index >= 15 is 0 Å². The van der Waals surface area contributed by atoms with Gasteiger partial charge in [-0.2, -0.15) is 0 Å². The van der Waals surface area contributed by atoms with Crippen LogP contribution in [0.5, 0.6) is 0 Å². The van der Waals surface area contributed by atoms with E-state index in [0.717, 1.165) is 18.5 Å². The first-order valence-corrected chi connectivity index (χ1v) is 6.45. The maximum atomic E-state index is 12.3. The monoisotopic (exact) mass is 265 g/mol. The number of nitro groups is 1. The van der Waals surface area contributed by atoms with E-state index in [1.807, 2.05) is 6.07 Å². The molecule has 3 rings (SSSR count). The zero-order valence-corrected chi connectivity index (χ0v) is 10.6. The van der Waals surface area contributed by atoms with Gasteiger partial charge < -0.3 is 9.42 Å². The van der Waals surface area contributed by atoms with E-state index in [-0.39, 0.29) is 16.9 Å². The second kappa shape index (κ2) is 4.32. The summed E-state index contributed by atoms with van der Waals surface area (Å²) in [5.74, 6) is 0.164. The van der Waals surface area contributed by atoms with Crippen LogP contribution in [-0.2, 0) is 4.79 Å². The lowest BCUT2D eigenvalue weighted by Gasteiger charge is -2.22. The van der Waals surface area contributed by atoms with Gasteiger partial charge in [0.1, 0.15) is 17.4 Å². The van der Waals surface area contributed by atoms with Crippen LogP contribution >= 0.6 is 0 Å². The molecule has 102 valence electrons. The maximum Gasteiger partial charge on any atom is 0.233 e. The summed E-state index contributed by atoms with van der Waals surface area (Å²) in [5, 5.41) is 14.6. The number of carbonyl (C=O) groups excluding carboxylic acids is 1. The lowest BCUT2D eigenvalue weighted by atomic mass is 10.1. The zero-order valence-electron chi connectivity index (χ0n) is 10.6. The predicted octanol–water partition coefficient (Wildman–Crippen LogP) is 1.31. The van der Waals surface area contributed by atoms with Crippen molar-refractivity contribution in [3.63, 3.8) is 0 Å². The Kier molecular flexibility index (Phi) is 2.76. The number of aryl methyl sites for hydroxylation is 1. The number of carbonyl (C=O) groups is 1. The van der Waals surface area contributed by atoms with Crippen LogP contribution in [0.15, 0.2) is 10.6 Å². The van der Waals surface area contributed by atoms with E-state index in [9.17, 15) is 14.9 Å². The average Bonchev–Trinajstić information content (AvgIpc) is 2.82. The maximum absolute atomic E-state index is 12.3. The average molecular weight is 265 g/mol. The number of hydrogen-bond donors (Lipinski definition) is 0. The molecule has 19 heavy (non-hydrogen) atoms. The largest absolute Gasteiger partial charge is 0.361 e. The Morgan fingerprint density at radius 2 is 2.42 bits per heavy atom. The molecule has 1 saturated carbocycles. The third-order valence-electron chi connectivity index (χ3n) is 3.87. The minimum absolute atomic E-state index is 0.0852. The third kappa shape index (κ3) is 2.09. The summed E-state index contributed by atoms with van der Waals surface area (Å²) < 4.78 is 5.04. The predicted molar refractivity (Wildman–Crippen MR) is 63.8 cm³/mol. The van der Waals surface area contributed by atoms with Gasteiger partial charge in [0.2, 0.25) is 11.9 Å². The van der Waals surface area contributed by atoms with Crippen LogP contribution in [0.4, 0.5) is 0 Å². The quantitative estimate of drug-likeness (QED) is 0.607. The highest BCUT2D eigenvalue weighted by atomic mass is 16.6. The van der Waals surface area contributed by atoms with Crippen LogP contribution in [0.2, 0.25) is 0 Å². The Bertz CT molecular complexity index is 527. The molecular formula is C12H15N3O4. The molecule has 1 aromatic rings. The topological polar surface area (TPSA) is 89.5 Å². The second-order valence-electron chi connectivity index (χ2n) is 5.25. The lowest BCUT2D eigenvalue weighted by molar-refractivity contribution is -0.497. The van der Waals surface area contributed by atoms with E-state index in [0.29, 0.717) is 18.7 Å². The smallest absolute Gasteiger partial charge is 0.233 e. The molecule has 0 unspecified atom stereocenters. The number of amides is 1. The van der Waals surface area contributed by atoms with Crippen LogP contribution in [-0.4, -0.2) is 33.5 Å². The van der Waals surface area contributed by atoms with Gasteiger partial charge >= 0.3 is 0 Å². The standard InChI is InChI=1S/C12H15N3O4/c1-7-5-9(13-19-7)10-3-2-4-14(10)12(16)8-6-11(8)15(17)18/h5,8,10-11H,2-4,6H2,1H3/t8-,10-,11-/m0/s1. The van der Waals surface area contributed by atoms with Crippen LogP contribution in [0.3, 0.4) is 0 Å². The second-order valence-corrected chi connectivity index (χ2v) is 5.25. The van der Waals surface area contributed by atoms with Crippen molar-refractivity contribution in [3.8, 4) is 0 Å². The summed E-state index contributed by atoms with van der Waals surface area (Å²) in [5.41, 5.74) is 0.752. The Morgan fingerprint density at radius 1 is 1.63 bits per heavy atom. The first kappa shape index (κ1) is 12.1. The molecule has 2 aliphatic rings. The molecule has 1 aliphatic heterocycles. The molecule has 0 N–H and O–H groups in total. The van der Waals surface area contributed by atoms with Crippen molar-refractivity contribution in [2.45, 2.75) is 38.3 Å². The molecular weight excluding hydrogens is 250 g/mol. The van der Waals surface area contributed by atoms with Crippen LogP contribution in [0.25, 0.3) is 0 Å².